The monoisotopic (exact) mass is 378 g/mol. The Hall–Kier alpha value is -3.13. The van der Waals surface area contributed by atoms with Crippen LogP contribution in [-0.2, 0) is 0 Å². The second-order valence-corrected chi connectivity index (χ2v) is 7.29. The molecule has 4 rings (SSSR count). The maximum Gasteiger partial charge on any atom is 0.291 e. The third-order valence-corrected chi connectivity index (χ3v) is 5.62. The standard InChI is InChI=1S/C19H18N6OS/c1-11-9-10-20-19-23-16(24-25(11)19)17(26)21-12(2)15-13(3)22-18(27-15)14-7-5-4-6-8-14/h4-10,12H,1-3H3,(H,21,26). The van der Waals surface area contributed by atoms with E-state index in [1.165, 1.54) is 0 Å². The van der Waals surface area contributed by atoms with E-state index in [-0.39, 0.29) is 17.8 Å². The zero-order chi connectivity index (χ0) is 19.0. The topological polar surface area (TPSA) is 85.1 Å². The molecule has 1 aromatic carbocycles. The van der Waals surface area contributed by atoms with Crippen LogP contribution in [0.15, 0.2) is 42.6 Å². The van der Waals surface area contributed by atoms with Gasteiger partial charge in [-0.05, 0) is 26.8 Å². The van der Waals surface area contributed by atoms with Crippen molar-refractivity contribution in [3.8, 4) is 10.6 Å². The number of nitrogens with zero attached hydrogens (tertiary/aromatic N) is 5. The van der Waals surface area contributed by atoms with Crippen LogP contribution in [0.1, 0.15) is 39.8 Å². The van der Waals surface area contributed by atoms with Gasteiger partial charge in [0, 0.05) is 17.5 Å². The normalized spacial score (nSPS) is 12.3. The smallest absolute Gasteiger partial charge is 0.291 e. The molecule has 0 aliphatic rings. The highest BCUT2D eigenvalue weighted by Gasteiger charge is 2.20. The quantitative estimate of drug-likeness (QED) is 0.589. The number of rotatable bonds is 4. The van der Waals surface area contributed by atoms with Gasteiger partial charge in [0.05, 0.1) is 16.6 Å². The first-order valence-corrected chi connectivity index (χ1v) is 9.36. The second-order valence-electron chi connectivity index (χ2n) is 6.26. The molecule has 136 valence electrons. The van der Waals surface area contributed by atoms with E-state index in [4.69, 9.17) is 0 Å². The maximum absolute atomic E-state index is 12.6. The number of benzene rings is 1. The van der Waals surface area contributed by atoms with Gasteiger partial charge in [-0.15, -0.1) is 16.4 Å². The fourth-order valence-corrected chi connectivity index (χ4v) is 3.92. The third kappa shape index (κ3) is 3.31. The van der Waals surface area contributed by atoms with Gasteiger partial charge in [0.1, 0.15) is 5.01 Å². The number of hydrogen-bond acceptors (Lipinski definition) is 6. The van der Waals surface area contributed by atoms with E-state index < -0.39 is 0 Å². The molecule has 0 saturated heterocycles. The van der Waals surface area contributed by atoms with Crippen LogP contribution in [0, 0.1) is 13.8 Å². The van der Waals surface area contributed by atoms with E-state index in [1.54, 1.807) is 22.0 Å². The number of thiazole rings is 1. The predicted octanol–water partition coefficient (Wildman–Crippen LogP) is 3.36. The fraction of sp³-hybridized carbons (Fsp3) is 0.211. The van der Waals surface area contributed by atoms with Gasteiger partial charge in [0.15, 0.2) is 0 Å². The minimum Gasteiger partial charge on any atom is -0.342 e. The molecule has 0 bridgehead atoms. The molecule has 4 aromatic rings. The summed E-state index contributed by atoms with van der Waals surface area (Å²) in [6.45, 7) is 5.78. The van der Waals surface area contributed by atoms with Crippen molar-refractivity contribution >= 4 is 23.0 Å². The minimum atomic E-state index is -0.332. The Morgan fingerprint density at radius 1 is 1.15 bits per heavy atom. The SMILES string of the molecule is Cc1nc(-c2ccccc2)sc1C(C)NC(=O)c1nc2nccc(C)n2n1. The molecule has 3 aromatic heterocycles. The summed E-state index contributed by atoms with van der Waals surface area (Å²) in [4.78, 5) is 26.6. The maximum atomic E-state index is 12.6. The third-order valence-electron chi connectivity index (χ3n) is 4.23. The van der Waals surface area contributed by atoms with Crippen LogP contribution < -0.4 is 5.32 Å². The molecule has 0 saturated carbocycles. The average molecular weight is 378 g/mol. The molecule has 1 atom stereocenters. The Balaban J connectivity index is 1.56. The molecule has 1 N–H and O–H groups in total. The lowest BCUT2D eigenvalue weighted by atomic mass is 10.2. The number of fused-ring (bicyclic) bond motifs is 1. The van der Waals surface area contributed by atoms with Crippen molar-refractivity contribution in [2.45, 2.75) is 26.8 Å². The van der Waals surface area contributed by atoms with Crippen molar-refractivity contribution in [2.75, 3.05) is 0 Å². The van der Waals surface area contributed by atoms with E-state index in [9.17, 15) is 4.79 Å². The Kier molecular flexibility index (Phi) is 4.41. The molecule has 8 heteroatoms. The minimum absolute atomic E-state index is 0.106. The highest BCUT2D eigenvalue weighted by molar-refractivity contribution is 7.15. The molecule has 0 aliphatic heterocycles. The van der Waals surface area contributed by atoms with Crippen LogP contribution in [0.4, 0.5) is 0 Å². The largest absolute Gasteiger partial charge is 0.342 e. The van der Waals surface area contributed by atoms with Gasteiger partial charge < -0.3 is 5.32 Å². The Labute approximate surface area is 160 Å². The van der Waals surface area contributed by atoms with Crippen molar-refractivity contribution in [3.63, 3.8) is 0 Å². The zero-order valence-corrected chi connectivity index (χ0v) is 16.0. The molecule has 1 unspecified atom stereocenters. The number of nitrogens with one attached hydrogen (secondary N) is 1. The number of carbonyl (C=O) groups is 1. The summed E-state index contributed by atoms with van der Waals surface area (Å²) < 4.78 is 1.56. The van der Waals surface area contributed by atoms with E-state index in [0.717, 1.165) is 26.8 Å². The van der Waals surface area contributed by atoms with Crippen LogP contribution >= 0.6 is 11.3 Å². The first kappa shape index (κ1) is 17.3. The van der Waals surface area contributed by atoms with Gasteiger partial charge in [0.2, 0.25) is 5.82 Å². The van der Waals surface area contributed by atoms with Crippen LogP contribution in [-0.4, -0.2) is 30.5 Å². The second kappa shape index (κ2) is 6.88. The highest BCUT2D eigenvalue weighted by atomic mass is 32.1. The summed E-state index contributed by atoms with van der Waals surface area (Å²) in [6, 6.07) is 11.6. The van der Waals surface area contributed by atoms with Gasteiger partial charge in [-0.1, -0.05) is 30.3 Å². The first-order valence-electron chi connectivity index (χ1n) is 8.55. The van der Waals surface area contributed by atoms with Gasteiger partial charge >= 0.3 is 0 Å². The van der Waals surface area contributed by atoms with Crippen LogP contribution in [0.2, 0.25) is 0 Å². The van der Waals surface area contributed by atoms with Crippen molar-refractivity contribution in [2.24, 2.45) is 0 Å². The summed E-state index contributed by atoms with van der Waals surface area (Å²) in [5.41, 5.74) is 2.84. The van der Waals surface area contributed by atoms with Crippen molar-refractivity contribution in [3.05, 3.63) is 64.7 Å². The van der Waals surface area contributed by atoms with Crippen molar-refractivity contribution in [1.82, 2.24) is 29.9 Å². The molecule has 0 fully saturated rings. The number of aromatic nitrogens is 5. The molecule has 27 heavy (non-hydrogen) atoms. The van der Waals surface area contributed by atoms with E-state index in [2.05, 4.69) is 25.4 Å². The van der Waals surface area contributed by atoms with Gasteiger partial charge in [-0.2, -0.15) is 4.98 Å². The van der Waals surface area contributed by atoms with Gasteiger partial charge in [0.25, 0.3) is 11.7 Å². The molecular weight excluding hydrogens is 360 g/mol. The summed E-state index contributed by atoms with van der Waals surface area (Å²) in [7, 11) is 0. The molecule has 3 heterocycles. The summed E-state index contributed by atoms with van der Waals surface area (Å²) in [5, 5.41) is 8.16. The highest BCUT2D eigenvalue weighted by Crippen LogP contribution is 2.31. The summed E-state index contributed by atoms with van der Waals surface area (Å²) >= 11 is 1.58. The lowest BCUT2D eigenvalue weighted by molar-refractivity contribution is 0.0930. The summed E-state index contributed by atoms with van der Waals surface area (Å²) in [6.07, 6.45) is 1.65. The number of aryl methyl sites for hydroxylation is 2. The molecule has 0 spiro atoms. The lowest BCUT2D eigenvalue weighted by Gasteiger charge is -2.11. The molecule has 0 aliphatic carbocycles. The number of hydrogen-bond donors (Lipinski definition) is 1. The molecule has 7 nitrogen and oxygen atoms in total. The zero-order valence-electron chi connectivity index (χ0n) is 15.2. The Bertz CT molecular complexity index is 1120. The van der Waals surface area contributed by atoms with Crippen LogP contribution in [0.25, 0.3) is 16.3 Å². The Morgan fingerprint density at radius 3 is 2.67 bits per heavy atom. The first-order chi connectivity index (χ1) is 13.0. The Morgan fingerprint density at radius 2 is 1.93 bits per heavy atom. The van der Waals surface area contributed by atoms with E-state index in [0.29, 0.717) is 5.78 Å². The van der Waals surface area contributed by atoms with Gasteiger partial charge in [-0.3, -0.25) is 4.79 Å². The number of carbonyl (C=O) groups excluding carboxylic acids is 1. The average Bonchev–Trinajstić information content (AvgIpc) is 3.27. The molecule has 0 radical (unpaired) electrons. The summed E-state index contributed by atoms with van der Waals surface area (Å²) in [5.74, 6) is 0.184. The predicted molar refractivity (Wildman–Crippen MR) is 104 cm³/mol. The number of amides is 1. The molecule has 1 amide bonds. The lowest BCUT2D eigenvalue weighted by Crippen LogP contribution is -2.27. The molecular formula is C19H18N6OS. The van der Waals surface area contributed by atoms with E-state index in [1.807, 2.05) is 57.2 Å². The fourth-order valence-electron chi connectivity index (χ4n) is 2.84. The van der Waals surface area contributed by atoms with Crippen molar-refractivity contribution < 1.29 is 4.79 Å². The van der Waals surface area contributed by atoms with Crippen LogP contribution in [0.3, 0.4) is 0 Å². The van der Waals surface area contributed by atoms with E-state index >= 15 is 0 Å². The van der Waals surface area contributed by atoms with Gasteiger partial charge in [-0.25, -0.2) is 14.5 Å². The van der Waals surface area contributed by atoms with Crippen LogP contribution in [0.5, 0.6) is 0 Å². The van der Waals surface area contributed by atoms with Crippen molar-refractivity contribution in [1.29, 1.82) is 0 Å².